The molecule has 0 spiro atoms. The van der Waals surface area contributed by atoms with Crippen molar-refractivity contribution >= 4 is 34.9 Å². The molecule has 20 heavy (non-hydrogen) atoms. The van der Waals surface area contributed by atoms with E-state index < -0.39 is 5.97 Å². The molecule has 0 atom stereocenters. The van der Waals surface area contributed by atoms with Gasteiger partial charge in [-0.1, -0.05) is 47.5 Å². The summed E-state index contributed by atoms with van der Waals surface area (Å²) in [4.78, 5) is 12.8. The van der Waals surface area contributed by atoms with Gasteiger partial charge in [0, 0.05) is 27.8 Å². The second kappa shape index (κ2) is 6.64. The zero-order chi connectivity index (χ0) is 14.5. The Morgan fingerprint density at radius 2 is 1.60 bits per heavy atom. The summed E-state index contributed by atoms with van der Waals surface area (Å²) in [5.41, 5.74) is 1.53. The van der Waals surface area contributed by atoms with Crippen molar-refractivity contribution in [2.24, 2.45) is 0 Å². The zero-order valence-corrected chi connectivity index (χ0v) is 12.1. The highest BCUT2D eigenvalue weighted by Gasteiger charge is 2.14. The van der Waals surface area contributed by atoms with Gasteiger partial charge in [-0.25, -0.2) is 0 Å². The lowest BCUT2D eigenvalue weighted by Gasteiger charge is -2.24. The van der Waals surface area contributed by atoms with E-state index in [2.05, 4.69) is 0 Å². The molecule has 0 bridgehead atoms. The van der Waals surface area contributed by atoms with E-state index >= 15 is 0 Å². The molecule has 3 nitrogen and oxygen atoms in total. The first kappa shape index (κ1) is 14.7. The Bertz CT molecular complexity index is 582. The van der Waals surface area contributed by atoms with Gasteiger partial charge in [0.15, 0.2) is 0 Å². The van der Waals surface area contributed by atoms with E-state index in [1.807, 2.05) is 30.3 Å². The van der Waals surface area contributed by atoms with Gasteiger partial charge in [-0.05, 0) is 24.3 Å². The Labute approximate surface area is 127 Å². The number of carboxylic acid groups (broad SMARTS) is 1. The zero-order valence-electron chi connectivity index (χ0n) is 10.6. The summed E-state index contributed by atoms with van der Waals surface area (Å²) in [6.07, 6.45) is 0. The normalized spacial score (nSPS) is 10.3. The Balaban J connectivity index is 2.31. The van der Waals surface area contributed by atoms with Crippen LogP contribution in [0.1, 0.15) is 5.56 Å². The third-order valence-corrected chi connectivity index (χ3v) is 3.57. The molecule has 0 aromatic heterocycles. The number of hydrogen-bond acceptors (Lipinski definition) is 2. The molecular weight excluding hydrogens is 297 g/mol. The highest BCUT2D eigenvalue weighted by molar-refractivity contribution is 6.36. The number of para-hydroxylation sites is 1. The first-order valence-electron chi connectivity index (χ1n) is 6.02. The van der Waals surface area contributed by atoms with Crippen molar-refractivity contribution in [1.29, 1.82) is 0 Å². The Hall–Kier alpha value is -1.71. The number of hydrogen-bond donors (Lipinski definition) is 1. The van der Waals surface area contributed by atoms with Crippen LogP contribution in [-0.2, 0) is 11.3 Å². The van der Waals surface area contributed by atoms with Crippen LogP contribution in [0.25, 0.3) is 0 Å². The first-order chi connectivity index (χ1) is 9.58. The Morgan fingerprint density at radius 3 is 2.15 bits per heavy atom. The summed E-state index contributed by atoms with van der Waals surface area (Å²) >= 11 is 12.3. The fourth-order valence-corrected chi connectivity index (χ4v) is 2.43. The second-order valence-corrected chi connectivity index (χ2v) is 5.10. The Kier molecular flexibility index (Phi) is 4.88. The molecule has 104 valence electrons. The van der Waals surface area contributed by atoms with Crippen LogP contribution in [0.2, 0.25) is 10.0 Å². The SMILES string of the molecule is O=C(O)CN(Cc1c(Cl)cccc1Cl)c1ccccc1. The van der Waals surface area contributed by atoms with Gasteiger partial charge in [0.1, 0.15) is 6.54 Å². The van der Waals surface area contributed by atoms with E-state index in [-0.39, 0.29) is 6.54 Å². The maximum atomic E-state index is 11.0. The number of nitrogens with zero attached hydrogens (tertiary/aromatic N) is 1. The Morgan fingerprint density at radius 1 is 1.00 bits per heavy atom. The van der Waals surface area contributed by atoms with E-state index in [1.54, 1.807) is 23.1 Å². The summed E-state index contributed by atoms with van der Waals surface area (Å²) in [5, 5.41) is 10.1. The van der Waals surface area contributed by atoms with Crippen LogP contribution in [0.3, 0.4) is 0 Å². The van der Waals surface area contributed by atoms with E-state index in [0.717, 1.165) is 11.3 Å². The van der Waals surface area contributed by atoms with Crippen molar-refractivity contribution in [3.8, 4) is 0 Å². The van der Waals surface area contributed by atoms with E-state index in [4.69, 9.17) is 28.3 Å². The largest absolute Gasteiger partial charge is 0.480 e. The molecule has 0 saturated carbocycles. The van der Waals surface area contributed by atoms with Crippen molar-refractivity contribution in [3.05, 3.63) is 64.1 Å². The fraction of sp³-hybridized carbons (Fsp3) is 0.133. The predicted octanol–water partition coefficient (Wildman–Crippen LogP) is 4.08. The molecule has 0 amide bonds. The smallest absolute Gasteiger partial charge is 0.323 e. The van der Waals surface area contributed by atoms with Crippen LogP contribution in [0.15, 0.2) is 48.5 Å². The second-order valence-electron chi connectivity index (χ2n) is 4.29. The molecule has 0 aliphatic heterocycles. The highest BCUT2D eigenvalue weighted by Crippen LogP contribution is 2.27. The molecule has 0 aliphatic carbocycles. The van der Waals surface area contributed by atoms with E-state index in [1.165, 1.54) is 0 Å². The molecule has 2 rings (SSSR count). The van der Waals surface area contributed by atoms with Crippen LogP contribution in [0.5, 0.6) is 0 Å². The minimum absolute atomic E-state index is 0.119. The maximum Gasteiger partial charge on any atom is 0.323 e. The quantitative estimate of drug-likeness (QED) is 0.904. The molecule has 5 heteroatoms. The van der Waals surface area contributed by atoms with Gasteiger partial charge >= 0.3 is 5.97 Å². The monoisotopic (exact) mass is 309 g/mol. The number of carboxylic acids is 1. The van der Waals surface area contributed by atoms with Gasteiger partial charge in [0.2, 0.25) is 0 Å². The first-order valence-corrected chi connectivity index (χ1v) is 6.78. The minimum Gasteiger partial charge on any atom is -0.480 e. The maximum absolute atomic E-state index is 11.0. The number of carbonyl (C=O) groups is 1. The molecule has 0 aliphatic rings. The van der Waals surface area contributed by atoms with E-state index in [0.29, 0.717) is 16.6 Å². The molecule has 0 fully saturated rings. The van der Waals surface area contributed by atoms with Crippen molar-refractivity contribution in [2.45, 2.75) is 6.54 Å². The lowest BCUT2D eigenvalue weighted by Crippen LogP contribution is -2.29. The molecule has 0 saturated heterocycles. The van der Waals surface area contributed by atoms with Gasteiger partial charge in [-0.2, -0.15) is 0 Å². The summed E-state index contributed by atoms with van der Waals surface area (Å²) in [6, 6.07) is 14.6. The number of anilines is 1. The third kappa shape index (κ3) is 3.65. The summed E-state index contributed by atoms with van der Waals surface area (Å²) < 4.78 is 0. The number of rotatable bonds is 5. The summed E-state index contributed by atoms with van der Waals surface area (Å²) in [6.45, 7) is 0.223. The van der Waals surface area contributed by atoms with Crippen LogP contribution < -0.4 is 4.90 Å². The topological polar surface area (TPSA) is 40.5 Å². The van der Waals surface area contributed by atoms with Crippen LogP contribution in [-0.4, -0.2) is 17.6 Å². The number of aliphatic carboxylic acids is 1. The van der Waals surface area contributed by atoms with Crippen LogP contribution in [0, 0.1) is 0 Å². The number of halogens is 2. The molecular formula is C15H13Cl2NO2. The molecule has 2 aromatic rings. The molecule has 2 aromatic carbocycles. The lowest BCUT2D eigenvalue weighted by atomic mass is 10.2. The van der Waals surface area contributed by atoms with E-state index in [9.17, 15) is 4.79 Å². The van der Waals surface area contributed by atoms with Gasteiger partial charge in [-0.15, -0.1) is 0 Å². The summed E-state index contributed by atoms with van der Waals surface area (Å²) in [7, 11) is 0. The average Bonchev–Trinajstić information content (AvgIpc) is 2.42. The van der Waals surface area contributed by atoms with Gasteiger partial charge < -0.3 is 10.0 Å². The van der Waals surface area contributed by atoms with Gasteiger partial charge in [-0.3, -0.25) is 4.79 Å². The molecule has 0 radical (unpaired) electrons. The van der Waals surface area contributed by atoms with Crippen LogP contribution >= 0.6 is 23.2 Å². The molecule has 0 heterocycles. The molecule has 0 unspecified atom stereocenters. The van der Waals surface area contributed by atoms with Gasteiger partial charge in [0.05, 0.1) is 0 Å². The van der Waals surface area contributed by atoms with Gasteiger partial charge in [0.25, 0.3) is 0 Å². The fourth-order valence-electron chi connectivity index (χ4n) is 1.91. The lowest BCUT2D eigenvalue weighted by molar-refractivity contribution is -0.135. The van der Waals surface area contributed by atoms with Crippen molar-refractivity contribution in [1.82, 2.24) is 0 Å². The van der Waals surface area contributed by atoms with Crippen molar-refractivity contribution < 1.29 is 9.90 Å². The average molecular weight is 310 g/mol. The molecule has 1 N–H and O–H groups in total. The van der Waals surface area contributed by atoms with Crippen molar-refractivity contribution in [3.63, 3.8) is 0 Å². The predicted molar refractivity (Wildman–Crippen MR) is 81.6 cm³/mol. The minimum atomic E-state index is -0.906. The standard InChI is InChI=1S/C15H13Cl2NO2/c16-13-7-4-8-14(17)12(13)9-18(10-15(19)20)11-5-2-1-3-6-11/h1-8H,9-10H2,(H,19,20). The third-order valence-electron chi connectivity index (χ3n) is 2.86. The summed E-state index contributed by atoms with van der Waals surface area (Å²) in [5.74, 6) is -0.906. The number of benzene rings is 2. The van der Waals surface area contributed by atoms with Crippen LogP contribution in [0.4, 0.5) is 5.69 Å². The van der Waals surface area contributed by atoms with Crippen molar-refractivity contribution in [2.75, 3.05) is 11.4 Å². The highest BCUT2D eigenvalue weighted by atomic mass is 35.5.